The van der Waals surface area contributed by atoms with Crippen molar-refractivity contribution in [1.82, 2.24) is 4.57 Å². The number of aromatic nitrogens is 1. The molecule has 0 spiro atoms. The summed E-state index contributed by atoms with van der Waals surface area (Å²) in [7, 11) is 0. The van der Waals surface area contributed by atoms with Gasteiger partial charge in [0.15, 0.2) is 0 Å². The fourth-order valence-electron chi connectivity index (χ4n) is 1.70. The molecular weight excluding hydrogens is 226 g/mol. The number of carbonyl (C=O) groups is 1. The van der Waals surface area contributed by atoms with Crippen LogP contribution in [0.25, 0.3) is 0 Å². The van der Waals surface area contributed by atoms with Crippen molar-refractivity contribution in [2.24, 2.45) is 5.92 Å². The predicted molar refractivity (Wildman–Crippen MR) is 65.2 cm³/mol. The van der Waals surface area contributed by atoms with Crippen molar-refractivity contribution in [3.63, 3.8) is 0 Å². The van der Waals surface area contributed by atoms with E-state index in [0.29, 0.717) is 10.9 Å². The van der Waals surface area contributed by atoms with Gasteiger partial charge in [-0.25, -0.2) is 4.79 Å². The topological polar surface area (TPSA) is 42.2 Å². The Balaban J connectivity index is 2.81. The van der Waals surface area contributed by atoms with Gasteiger partial charge in [0.25, 0.3) is 0 Å². The molecule has 0 saturated carbocycles. The third kappa shape index (κ3) is 3.27. The van der Waals surface area contributed by atoms with Gasteiger partial charge < -0.3 is 9.67 Å². The van der Waals surface area contributed by atoms with Crippen molar-refractivity contribution in [1.29, 1.82) is 0 Å². The average molecular weight is 244 g/mol. The molecule has 1 aromatic heterocycles. The van der Waals surface area contributed by atoms with Crippen LogP contribution in [-0.2, 0) is 0 Å². The number of hydrogen-bond acceptors (Lipinski definition) is 1. The Morgan fingerprint density at radius 2 is 2.06 bits per heavy atom. The Labute approximate surface area is 101 Å². The molecule has 1 aromatic rings. The number of aromatic carboxylic acids is 1. The fraction of sp³-hybridized carbons (Fsp3) is 0.583. The summed E-state index contributed by atoms with van der Waals surface area (Å²) < 4.78 is 1.74. The van der Waals surface area contributed by atoms with Crippen LogP contribution in [0.4, 0.5) is 0 Å². The van der Waals surface area contributed by atoms with E-state index in [1.807, 2.05) is 6.92 Å². The molecule has 0 saturated heterocycles. The number of nitrogens with zero attached hydrogens (tertiary/aromatic N) is 1. The highest BCUT2D eigenvalue weighted by Crippen LogP contribution is 2.23. The van der Waals surface area contributed by atoms with Crippen molar-refractivity contribution >= 4 is 17.6 Å². The summed E-state index contributed by atoms with van der Waals surface area (Å²) in [5.41, 5.74) is 0.265. The largest absolute Gasteiger partial charge is 0.477 e. The van der Waals surface area contributed by atoms with Crippen LogP contribution in [0.1, 0.15) is 50.1 Å². The molecule has 1 unspecified atom stereocenters. The lowest BCUT2D eigenvalue weighted by molar-refractivity contribution is 0.0682. The standard InChI is InChI=1S/C12H18ClNO2/c1-8(2)4-5-9(3)14-7-10(13)6-11(14)12(15)16/h6-9H,4-5H2,1-3H3,(H,15,16). The van der Waals surface area contributed by atoms with E-state index in [2.05, 4.69) is 13.8 Å². The van der Waals surface area contributed by atoms with Gasteiger partial charge in [0.2, 0.25) is 0 Å². The molecule has 0 aromatic carbocycles. The highest BCUT2D eigenvalue weighted by Gasteiger charge is 2.16. The summed E-state index contributed by atoms with van der Waals surface area (Å²) in [5.74, 6) is -0.301. The molecule has 1 rings (SSSR count). The summed E-state index contributed by atoms with van der Waals surface area (Å²) in [5, 5.41) is 9.51. The van der Waals surface area contributed by atoms with Crippen LogP contribution in [0, 0.1) is 5.92 Å². The van der Waals surface area contributed by atoms with Crippen LogP contribution >= 0.6 is 11.6 Å². The molecule has 0 radical (unpaired) electrons. The highest BCUT2D eigenvalue weighted by atomic mass is 35.5. The monoisotopic (exact) mass is 243 g/mol. The first-order valence-electron chi connectivity index (χ1n) is 5.52. The van der Waals surface area contributed by atoms with E-state index >= 15 is 0 Å². The molecule has 0 aliphatic rings. The van der Waals surface area contributed by atoms with Crippen molar-refractivity contribution < 1.29 is 9.90 Å². The van der Waals surface area contributed by atoms with Gasteiger partial charge in [-0.3, -0.25) is 0 Å². The predicted octanol–water partition coefficient (Wildman–Crippen LogP) is 3.84. The van der Waals surface area contributed by atoms with Crippen LogP contribution < -0.4 is 0 Å². The normalized spacial score (nSPS) is 13.1. The van der Waals surface area contributed by atoms with Crippen molar-refractivity contribution in [3.8, 4) is 0 Å². The summed E-state index contributed by atoms with van der Waals surface area (Å²) in [4.78, 5) is 11.0. The van der Waals surface area contributed by atoms with Crippen molar-refractivity contribution in [2.75, 3.05) is 0 Å². The van der Waals surface area contributed by atoms with E-state index < -0.39 is 5.97 Å². The van der Waals surface area contributed by atoms with Gasteiger partial charge in [-0.2, -0.15) is 0 Å². The Morgan fingerprint density at radius 3 is 2.56 bits per heavy atom. The number of rotatable bonds is 5. The van der Waals surface area contributed by atoms with E-state index in [1.165, 1.54) is 6.07 Å². The van der Waals surface area contributed by atoms with Gasteiger partial charge in [-0.15, -0.1) is 0 Å². The van der Waals surface area contributed by atoms with E-state index in [1.54, 1.807) is 10.8 Å². The molecule has 3 nitrogen and oxygen atoms in total. The maximum atomic E-state index is 11.0. The van der Waals surface area contributed by atoms with Gasteiger partial charge in [-0.05, 0) is 31.7 Å². The first-order chi connectivity index (χ1) is 7.41. The second-order valence-electron chi connectivity index (χ2n) is 4.58. The van der Waals surface area contributed by atoms with Crippen LogP contribution in [0.3, 0.4) is 0 Å². The molecule has 0 amide bonds. The molecule has 0 aliphatic heterocycles. The summed E-state index contributed by atoms with van der Waals surface area (Å²) in [6, 6.07) is 1.66. The van der Waals surface area contributed by atoms with Crippen molar-refractivity contribution in [2.45, 2.75) is 39.7 Å². The minimum Gasteiger partial charge on any atom is -0.477 e. The summed E-state index contributed by atoms with van der Waals surface area (Å²) >= 11 is 5.83. The van der Waals surface area contributed by atoms with E-state index in [4.69, 9.17) is 16.7 Å². The zero-order chi connectivity index (χ0) is 12.3. The maximum Gasteiger partial charge on any atom is 0.352 e. The van der Waals surface area contributed by atoms with E-state index in [0.717, 1.165) is 12.8 Å². The van der Waals surface area contributed by atoms with Gasteiger partial charge in [0.1, 0.15) is 5.69 Å². The second-order valence-corrected chi connectivity index (χ2v) is 5.01. The number of halogens is 1. The first kappa shape index (κ1) is 13.1. The molecule has 1 N–H and O–H groups in total. The zero-order valence-electron chi connectivity index (χ0n) is 9.90. The highest BCUT2D eigenvalue weighted by molar-refractivity contribution is 6.30. The lowest BCUT2D eigenvalue weighted by Crippen LogP contribution is -2.12. The van der Waals surface area contributed by atoms with Crippen LogP contribution in [0.5, 0.6) is 0 Å². The smallest absolute Gasteiger partial charge is 0.352 e. The average Bonchev–Trinajstić information content (AvgIpc) is 2.56. The third-order valence-electron chi connectivity index (χ3n) is 2.67. The van der Waals surface area contributed by atoms with Gasteiger partial charge in [0, 0.05) is 12.2 Å². The molecule has 1 heterocycles. The fourth-order valence-corrected chi connectivity index (χ4v) is 1.90. The zero-order valence-corrected chi connectivity index (χ0v) is 10.7. The van der Waals surface area contributed by atoms with Crippen LogP contribution in [0.15, 0.2) is 12.3 Å². The Hall–Kier alpha value is -0.960. The summed E-state index contributed by atoms with van der Waals surface area (Å²) in [6.45, 7) is 6.34. The summed E-state index contributed by atoms with van der Waals surface area (Å²) in [6.07, 6.45) is 3.73. The lowest BCUT2D eigenvalue weighted by Gasteiger charge is -2.16. The third-order valence-corrected chi connectivity index (χ3v) is 2.88. The molecule has 4 heteroatoms. The lowest BCUT2D eigenvalue weighted by atomic mass is 10.0. The van der Waals surface area contributed by atoms with Crippen LogP contribution in [0.2, 0.25) is 5.02 Å². The second kappa shape index (κ2) is 5.39. The number of carboxylic acid groups (broad SMARTS) is 1. The van der Waals surface area contributed by atoms with Crippen LogP contribution in [-0.4, -0.2) is 15.6 Å². The van der Waals surface area contributed by atoms with E-state index in [9.17, 15) is 4.79 Å². The quantitative estimate of drug-likeness (QED) is 0.854. The van der Waals surface area contributed by atoms with E-state index in [-0.39, 0.29) is 11.7 Å². The minimum atomic E-state index is -0.928. The number of carboxylic acids is 1. The van der Waals surface area contributed by atoms with Gasteiger partial charge in [0.05, 0.1) is 5.02 Å². The van der Waals surface area contributed by atoms with Gasteiger partial charge in [-0.1, -0.05) is 25.4 Å². The molecule has 90 valence electrons. The van der Waals surface area contributed by atoms with Gasteiger partial charge >= 0.3 is 5.97 Å². The molecule has 0 bridgehead atoms. The van der Waals surface area contributed by atoms with Crippen molar-refractivity contribution in [3.05, 3.63) is 23.0 Å². The Morgan fingerprint density at radius 1 is 1.44 bits per heavy atom. The Kier molecular flexibility index (Phi) is 4.42. The SMILES string of the molecule is CC(C)CCC(C)n1cc(Cl)cc1C(=O)O. The Bertz CT molecular complexity index is 371. The number of hydrogen-bond donors (Lipinski definition) is 1. The molecular formula is C12H18ClNO2. The first-order valence-corrected chi connectivity index (χ1v) is 5.90. The minimum absolute atomic E-state index is 0.168. The molecule has 16 heavy (non-hydrogen) atoms. The maximum absolute atomic E-state index is 11.0. The molecule has 1 atom stereocenters. The molecule has 0 aliphatic carbocycles. The molecule has 0 fully saturated rings.